The molecule has 0 saturated carbocycles. The Bertz CT molecular complexity index is 1110. The first kappa shape index (κ1) is 17.5. The monoisotopic (exact) mass is 393 g/mol. The van der Waals surface area contributed by atoms with Crippen molar-refractivity contribution in [2.24, 2.45) is 0 Å². The summed E-state index contributed by atoms with van der Waals surface area (Å²) in [5.41, 5.74) is 5.03. The number of H-pyrrole nitrogens is 1. The van der Waals surface area contributed by atoms with Crippen molar-refractivity contribution in [3.8, 4) is 17.0 Å². The van der Waals surface area contributed by atoms with E-state index in [0.717, 1.165) is 35.6 Å². The van der Waals surface area contributed by atoms with Crippen LogP contribution in [0.15, 0.2) is 36.7 Å². The number of para-hydroxylation sites is 1. The highest BCUT2D eigenvalue weighted by Gasteiger charge is 2.34. The Hall–Kier alpha value is -3.55. The van der Waals surface area contributed by atoms with Crippen LogP contribution in [0.3, 0.4) is 0 Å². The van der Waals surface area contributed by atoms with Gasteiger partial charge in [0.25, 0.3) is 5.91 Å². The molecule has 8 heteroatoms. The predicted molar refractivity (Wildman–Crippen MR) is 108 cm³/mol. The van der Waals surface area contributed by atoms with Crippen LogP contribution < -0.4 is 20.7 Å². The van der Waals surface area contributed by atoms with Crippen molar-refractivity contribution in [2.45, 2.75) is 12.3 Å². The molecular formula is C21H20FN5O2. The number of aromatic nitrogens is 2. The second kappa shape index (κ2) is 6.80. The van der Waals surface area contributed by atoms with Crippen molar-refractivity contribution in [3.05, 3.63) is 53.7 Å². The number of ether oxygens (including phenoxy) is 1. The fourth-order valence-corrected chi connectivity index (χ4v) is 4.12. The van der Waals surface area contributed by atoms with Gasteiger partial charge in [0.05, 0.1) is 41.6 Å². The Kier molecular flexibility index (Phi) is 4.12. The molecule has 0 aliphatic carbocycles. The molecule has 2 bridgehead atoms. The van der Waals surface area contributed by atoms with E-state index in [1.165, 1.54) is 13.2 Å². The van der Waals surface area contributed by atoms with E-state index >= 15 is 0 Å². The van der Waals surface area contributed by atoms with Gasteiger partial charge in [-0.3, -0.25) is 9.78 Å². The van der Waals surface area contributed by atoms with Crippen LogP contribution in [-0.2, 0) is 0 Å². The molecule has 0 spiro atoms. The lowest BCUT2D eigenvalue weighted by molar-refractivity contribution is 0.0940. The van der Waals surface area contributed by atoms with E-state index in [1.807, 2.05) is 6.07 Å². The molecule has 4 heterocycles. The smallest absolute Gasteiger partial charge is 0.255 e. The normalized spacial score (nSPS) is 17.2. The van der Waals surface area contributed by atoms with Gasteiger partial charge in [0.15, 0.2) is 11.6 Å². The van der Waals surface area contributed by atoms with E-state index in [2.05, 4.69) is 25.9 Å². The molecule has 0 fully saturated rings. The number of amides is 1. The average Bonchev–Trinajstić information content (AvgIpc) is 3.13. The number of nitrogens with one attached hydrogen (secondary N) is 4. The summed E-state index contributed by atoms with van der Waals surface area (Å²) < 4.78 is 19.5. The third-order valence-corrected chi connectivity index (χ3v) is 5.50. The molecule has 5 rings (SSSR count). The largest absolute Gasteiger partial charge is 0.492 e. The minimum Gasteiger partial charge on any atom is -0.492 e. The SMILES string of the molecule is COc1c(F)cccc1Nc1c2[nH]c3c1C(=O)NC[C@@H]3CCNc1cnccc1-2. The van der Waals surface area contributed by atoms with Crippen LogP contribution >= 0.6 is 0 Å². The highest BCUT2D eigenvalue weighted by Crippen LogP contribution is 2.44. The summed E-state index contributed by atoms with van der Waals surface area (Å²) in [7, 11) is 1.42. The number of methoxy groups -OCH3 is 1. The summed E-state index contributed by atoms with van der Waals surface area (Å²) in [5.74, 6) is -0.374. The maximum absolute atomic E-state index is 14.2. The van der Waals surface area contributed by atoms with Gasteiger partial charge in [-0.05, 0) is 24.6 Å². The summed E-state index contributed by atoms with van der Waals surface area (Å²) >= 11 is 0. The Morgan fingerprint density at radius 2 is 2.17 bits per heavy atom. The second-order valence-corrected chi connectivity index (χ2v) is 7.15. The maximum Gasteiger partial charge on any atom is 0.255 e. The van der Waals surface area contributed by atoms with Crippen LogP contribution in [0.2, 0.25) is 0 Å². The van der Waals surface area contributed by atoms with Crippen LogP contribution in [0.25, 0.3) is 11.3 Å². The third-order valence-electron chi connectivity index (χ3n) is 5.50. The molecule has 3 aromatic rings. The molecule has 0 radical (unpaired) electrons. The maximum atomic E-state index is 14.2. The predicted octanol–water partition coefficient (Wildman–Crippen LogP) is 3.61. The third kappa shape index (κ3) is 2.79. The number of anilines is 3. The molecule has 4 N–H and O–H groups in total. The van der Waals surface area contributed by atoms with E-state index in [-0.39, 0.29) is 17.6 Å². The molecule has 29 heavy (non-hydrogen) atoms. The first-order chi connectivity index (χ1) is 14.2. The molecular weight excluding hydrogens is 373 g/mol. The summed E-state index contributed by atoms with van der Waals surface area (Å²) in [4.78, 5) is 20.5. The Morgan fingerprint density at radius 1 is 1.28 bits per heavy atom. The van der Waals surface area contributed by atoms with Gasteiger partial charge in [0.1, 0.15) is 0 Å². The van der Waals surface area contributed by atoms with Gasteiger partial charge in [0.2, 0.25) is 0 Å². The van der Waals surface area contributed by atoms with Crippen molar-refractivity contribution < 1.29 is 13.9 Å². The van der Waals surface area contributed by atoms with Gasteiger partial charge < -0.3 is 25.7 Å². The highest BCUT2D eigenvalue weighted by atomic mass is 19.1. The summed E-state index contributed by atoms with van der Waals surface area (Å²) in [6, 6.07) is 6.56. The number of carbonyl (C=O) groups excluding carboxylic acids is 1. The standard InChI is InChI=1S/C21H20FN5O2/c1-29-20-13(22)3-2-4-14(20)26-19-16-17-11(9-25-21(16)28)5-8-24-15-10-23-7-6-12(15)18(19)27-17/h2-4,6-7,10-11,24,26-27H,5,8-9H2,1H3,(H,25,28)/t11-/m0/s1. The van der Waals surface area contributed by atoms with Crippen molar-refractivity contribution in [1.82, 2.24) is 15.3 Å². The van der Waals surface area contributed by atoms with Gasteiger partial charge in [-0.15, -0.1) is 0 Å². The lowest BCUT2D eigenvalue weighted by atomic mass is 9.93. The molecule has 1 aromatic carbocycles. The quantitative estimate of drug-likeness (QED) is 0.546. The number of hydrogen-bond acceptors (Lipinski definition) is 5. The summed E-state index contributed by atoms with van der Waals surface area (Å²) in [5, 5.41) is 9.68. The molecule has 1 atom stereocenters. The van der Waals surface area contributed by atoms with Crippen LogP contribution in [0, 0.1) is 5.82 Å². The number of aromatic amines is 1. The fourth-order valence-electron chi connectivity index (χ4n) is 4.12. The first-order valence-corrected chi connectivity index (χ1v) is 9.49. The molecule has 0 unspecified atom stereocenters. The molecule has 1 amide bonds. The fraction of sp³-hybridized carbons (Fsp3) is 0.238. The average molecular weight is 393 g/mol. The van der Waals surface area contributed by atoms with E-state index < -0.39 is 5.82 Å². The van der Waals surface area contributed by atoms with Crippen molar-refractivity contribution >= 4 is 23.0 Å². The highest BCUT2D eigenvalue weighted by molar-refractivity contribution is 6.07. The number of benzene rings is 1. The number of halogens is 1. The second-order valence-electron chi connectivity index (χ2n) is 7.15. The number of fused-ring (bicyclic) bond motifs is 3. The molecule has 2 aliphatic rings. The van der Waals surface area contributed by atoms with Gasteiger partial charge >= 0.3 is 0 Å². The van der Waals surface area contributed by atoms with Gasteiger partial charge in [-0.1, -0.05) is 6.07 Å². The van der Waals surface area contributed by atoms with Crippen LogP contribution in [0.4, 0.5) is 21.5 Å². The minimum absolute atomic E-state index is 0.0985. The van der Waals surface area contributed by atoms with E-state index in [4.69, 9.17) is 4.74 Å². The zero-order chi connectivity index (χ0) is 20.0. The molecule has 2 aliphatic heterocycles. The Morgan fingerprint density at radius 3 is 3.03 bits per heavy atom. The van der Waals surface area contributed by atoms with E-state index in [9.17, 15) is 9.18 Å². The van der Waals surface area contributed by atoms with Gasteiger partial charge in [-0.2, -0.15) is 0 Å². The minimum atomic E-state index is -0.474. The van der Waals surface area contributed by atoms with Crippen molar-refractivity contribution in [1.29, 1.82) is 0 Å². The number of rotatable bonds is 3. The molecule has 7 nitrogen and oxygen atoms in total. The van der Waals surface area contributed by atoms with Gasteiger partial charge in [0, 0.05) is 36.5 Å². The lowest BCUT2D eigenvalue weighted by Crippen LogP contribution is -2.35. The molecule has 148 valence electrons. The van der Waals surface area contributed by atoms with Crippen molar-refractivity contribution in [2.75, 3.05) is 30.8 Å². The van der Waals surface area contributed by atoms with E-state index in [0.29, 0.717) is 23.5 Å². The van der Waals surface area contributed by atoms with Gasteiger partial charge in [-0.25, -0.2) is 4.39 Å². The van der Waals surface area contributed by atoms with Crippen molar-refractivity contribution in [3.63, 3.8) is 0 Å². The topological polar surface area (TPSA) is 91.1 Å². The molecule has 2 aromatic heterocycles. The first-order valence-electron chi connectivity index (χ1n) is 9.49. The van der Waals surface area contributed by atoms with Crippen LogP contribution in [-0.4, -0.2) is 36.1 Å². The van der Waals surface area contributed by atoms with Crippen LogP contribution in [0.1, 0.15) is 28.4 Å². The lowest BCUT2D eigenvalue weighted by Gasteiger charge is -2.24. The zero-order valence-electron chi connectivity index (χ0n) is 15.8. The number of carbonyl (C=O) groups is 1. The summed E-state index contributed by atoms with van der Waals surface area (Å²) in [6.45, 7) is 1.34. The molecule has 0 saturated heterocycles. The number of nitrogens with zero attached hydrogens (tertiary/aromatic N) is 1. The summed E-state index contributed by atoms with van der Waals surface area (Å²) in [6.07, 6.45) is 4.33. The zero-order valence-corrected chi connectivity index (χ0v) is 15.8. The van der Waals surface area contributed by atoms with Crippen LogP contribution in [0.5, 0.6) is 5.75 Å². The van der Waals surface area contributed by atoms with E-state index in [1.54, 1.807) is 24.5 Å². The Labute approximate surface area is 166 Å². The Balaban J connectivity index is 1.74. The number of pyridine rings is 1. The number of hydrogen-bond donors (Lipinski definition) is 4.